The van der Waals surface area contributed by atoms with E-state index in [4.69, 9.17) is 16.9 Å². The number of halogens is 1. The van der Waals surface area contributed by atoms with E-state index < -0.39 is 0 Å². The maximum absolute atomic E-state index is 8.57. The van der Waals surface area contributed by atoms with Gasteiger partial charge in [0.2, 0.25) is 5.28 Å². The van der Waals surface area contributed by atoms with Crippen LogP contribution in [-0.2, 0) is 6.54 Å². The number of aromatic nitrogens is 5. The van der Waals surface area contributed by atoms with E-state index in [1.165, 1.54) is 0 Å². The third kappa shape index (κ3) is 2.16. The molecule has 3 aromatic rings. The van der Waals surface area contributed by atoms with Gasteiger partial charge in [-0.2, -0.15) is 15.3 Å². The minimum atomic E-state index is 0.190. The molecule has 0 fully saturated rings. The fraction of sp³-hybridized carbons (Fsp3) is 0.167. The summed E-state index contributed by atoms with van der Waals surface area (Å²) in [5, 5.41) is 13.9. The second-order valence-corrected chi connectivity index (χ2v) is 4.32. The normalized spacial score (nSPS) is 10.7. The summed E-state index contributed by atoms with van der Waals surface area (Å²) in [6.45, 7) is 0.561. The van der Waals surface area contributed by atoms with Crippen molar-refractivity contribution in [2.24, 2.45) is 0 Å². The van der Waals surface area contributed by atoms with Crippen LogP contribution in [-0.4, -0.2) is 24.7 Å². The Balaban J connectivity index is 2.06. The molecule has 0 saturated heterocycles. The third-order valence-corrected chi connectivity index (χ3v) is 2.92. The molecule has 94 valence electrons. The zero-order valence-corrected chi connectivity index (χ0v) is 10.6. The number of nitrogens with zero attached hydrogens (tertiary/aromatic N) is 5. The second kappa shape index (κ2) is 4.71. The average Bonchev–Trinajstić information content (AvgIpc) is 3.03. The summed E-state index contributed by atoms with van der Waals surface area (Å²) >= 11 is 5.91. The van der Waals surface area contributed by atoms with Crippen LogP contribution in [0.1, 0.15) is 6.42 Å². The first-order valence-electron chi connectivity index (χ1n) is 5.68. The molecule has 3 aromatic heterocycles. The lowest BCUT2D eigenvalue weighted by Gasteiger charge is -1.99. The summed E-state index contributed by atoms with van der Waals surface area (Å²) in [6.07, 6.45) is 5.77. The zero-order chi connectivity index (χ0) is 13.2. The SMILES string of the molecule is N#CCCn1cc(-c2nc(Cl)nc3[nH]ccc23)cn1. The monoisotopic (exact) mass is 272 g/mol. The van der Waals surface area contributed by atoms with Gasteiger partial charge in [-0.15, -0.1) is 0 Å². The van der Waals surface area contributed by atoms with Crippen molar-refractivity contribution in [2.75, 3.05) is 0 Å². The van der Waals surface area contributed by atoms with E-state index in [9.17, 15) is 0 Å². The zero-order valence-electron chi connectivity index (χ0n) is 9.84. The largest absolute Gasteiger partial charge is 0.346 e. The standard InChI is InChI=1S/C12H9ClN6/c13-12-17-10(9-2-4-15-11(9)18-12)8-6-16-19(7-8)5-1-3-14/h2,4,6-7H,1,5H2,(H,15,17,18). The number of aromatic amines is 1. The van der Waals surface area contributed by atoms with Crippen molar-refractivity contribution < 1.29 is 0 Å². The summed E-state index contributed by atoms with van der Waals surface area (Å²) in [4.78, 5) is 11.4. The van der Waals surface area contributed by atoms with E-state index in [2.05, 4.69) is 26.1 Å². The Morgan fingerprint density at radius 1 is 1.42 bits per heavy atom. The van der Waals surface area contributed by atoms with E-state index in [-0.39, 0.29) is 5.28 Å². The van der Waals surface area contributed by atoms with Crippen molar-refractivity contribution >= 4 is 22.6 Å². The Morgan fingerprint density at radius 2 is 2.32 bits per heavy atom. The van der Waals surface area contributed by atoms with Gasteiger partial charge in [0.15, 0.2) is 0 Å². The van der Waals surface area contributed by atoms with Crippen LogP contribution in [0.3, 0.4) is 0 Å². The molecule has 7 heteroatoms. The fourth-order valence-electron chi connectivity index (χ4n) is 1.91. The summed E-state index contributed by atoms with van der Waals surface area (Å²) in [5.74, 6) is 0. The first-order chi connectivity index (χ1) is 9.28. The molecule has 19 heavy (non-hydrogen) atoms. The molecule has 0 aromatic carbocycles. The molecule has 0 saturated carbocycles. The van der Waals surface area contributed by atoms with Crippen LogP contribution >= 0.6 is 11.6 Å². The maximum atomic E-state index is 8.57. The first kappa shape index (κ1) is 11.7. The third-order valence-electron chi connectivity index (χ3n) is 2.75. The summed E-state index contributed by atoms with van der Waals surface area (Å²) in [7, 11) is 0. The van der Waals surface area contributed by atoms with E-state index in [0.717, 1.165) is 16.6 Å². The van der Waals surface area contributed by atoms with Gasteiger partial charge >= 0.3 is 0 Å². The van der Waals surface area contributed by atoms with E-state index in [0.29, 0.717) is 18.6 Å². The molecule has 0 unspecified atom stereocenters. The lowest BCUT2D eigenvalue weighted by Crippen LogP contribution is -1.96. The minimum absolute atomic E-state index is 0.190. The highest BCUT2D eigenvalue weighted by Crippen LogP contribution is 2.26. The van der Waals surface area contributed by atoms with Crippen molar-refractivity contribution in [3.05, 3.63) is 29.9 Å². The Bertz CT molecular complexity index is 766. The second-order valence-electron chi connectivity index (χ2n) is 3.98. The Kier molecular flexibility index (Phi) is 2.89. The smallest absolute Gasteiger partial charge is 0.224 e. The number of aryl methyl sites for hydroxylation is 1. The molecule has 0 spiro atoms. The number of hydrogen-bond acceptors (Lipinski definition) is 4. The van der Waals surface area contributed by atoms with Crippen LogP contribution in [0.5, 0.6) is 0 Å². The molecular weight excluding hydrogens is 264 g/mol. The van der Waals surface area contributed by atoms with Gasteiger partial charge in [-0.05, 0) is 17.7 Å². The topological polar surface area (TPSA) is 83.2 Å². The number of fused-ring (bicyclic) bond motifs is 1. The summed E-state index contributed by atoms with van der Waals surface area (Å²) < 4.78 is 1.72. The Hall–Kier alpha value is -2.39. The van der Waals surface area contributed by atoms with Gasteiger partial charge in [0.25, 0.3) is 0 Å². The molecule has 0 aliphatic heterocycles. The van der Waals surface area contributed by atoms with Crippen LogP contribution < -0.4 is 0 Å². The number of H-pyrrole nitrogens is 1. The predicted molar refractivity (Wildman–Crippen MR) is 70.3 cm³/mol. The van der Waals surface area contributed by atoms with Crippen molar-refractivity contribution in [1.82, 2.24) is 24.7 Å². The van der Waals surface area contributed by atoms with Gasteiger partial charge in [0.05, 0.1) is 30.9 Å². The van der Waals surface area contributed by atoms with E-state index >= 15 is 0 Å². The van der Waals surface area contributed by atoms with Crippen LogP contribution in [0.15, 0.2) is 24.7 Å². The highest BCUT2D eigenvalue weighted by atomic mass is 35.5. The Morgan fingerprint density at radius 3 is 3.16 bits per heavy atom. The van der Waals surface area contributed by atoms with E-state index in [1.807, 2.05) is 12.3 Å². The van der Waals surface area contributed by atoms with Crippen molar-refractivity contribution in [2.45, 2.75) is 13.0 Å². The lowest BCUT2D eigenvalue weighted by molar-refractivity contribution is 0.628. The predicted octanol–water partition coefficient (Wildman–Crippen LogP) is 2.39. The summed E-state index contributed by atoms with van der Waals surface area (Å²) in [6, 6.07) is 3.98. The van der Waals surface area contributed by atoms with Gasteiger partial charge in [0.1, 0.15) is 5.65 Å². The number of hydrogen-bond donors (Lipinski definition) is 1. The Labute approximate surface area is 113 Å². The van der Waals surface area contributed by atoms with Crippen LogP contribution in [0, 0.1) is 11.3 Å². The molecule has 0 bridgehead atoms. The van der Waals surface area contributed by atoms with Crippen LogP contribution in [0.25, 0.3) is 22.3 Å². The molecule has 0 amide bonds. The molecule has 0 aliphatic rings. The van der Waals surface area contributed by atoms with Gasteiger partial charge < -0.3 is 4.98 Å². The highest BCUT2D eigenvalue weighted by molar-refractivity contribution is 6.28. The van der Waals surface area contributed by atoms with Gasteiger partial charge in [-0.1, -0.05) is 0 Å². The molecule has 6 nitrogen and oxygen atoms in total. The lowest BCUT2D eigenvalue weighted by atomic mass is 10.2. The number of nitrogens with one attached hydrogen (secondary N) is 1. The maximum Gasteiger partial charge on any atom is 0.224 e. The average molecular weight is 273 g/mol. The van der Waals surface area contributed by atoms with Crippen molar-refractivity contribution in [3.8, 4) is 17.3 Å². The minimum Gasteiger partial charge on any atom is -0.346 e. The van der Waals surface area contributed by atoms with Crippen molar-refractivity contribution in [3.63, 3.8) is 0 Å². The first-order valence-corrected chi connectivity index (χ1v) is 6.06. The fourth-order valence-corrected chi connectivity index (χ4v) is 2.08. The van der Waals surface area contributed by atoms with Gasteiger partial charge in [-0.3, -0.25) is 4.68 Å². The molecular formula is C12H9ClN6. The molecule has 0 atom stereocenters. The molecule has 3 heterocycles. The van der Waals surface area contributed by atoms with Gasteiger partial charge in [0, 0.05) is 23.3 Å². The molecule has 0 aliphatic carbocycles. The summed E-state index contributed by atoms with van der Waals surface area (Å²) in [5.41, 5.74) is 2.28. The quantitative estimate of drug-likeness (QED) is 0.742. The number of rotatable bonds is 3. The number of nitriles is 1. The van der Waals surface area contributed by atoms with Gasteiger partial charge in [-0.25, -0.2) is 4.98 Å². The molecule has 1 N–H and O–H groups in total. The molecule has 0 radical (unpaired) electrons. The highest BCUT2D eigenvalue weighted by Gasteiger charge is 2.11. The van der Waals surface area contributed by atoms with Crippen molar-refractivity contribution in [1.29, 1.82) is 5.26 Å². The van der Waals surface area contributed by atoms with Crippen LogP contribution in [0.4, 0.5) is 0 Å². The molecule has 3 rings (SSSR count). The van der Waals surface area contributed by atoms with E-state index in [1.54, 1.807) is 17.1 Å². The van der Waals surface area contributed by atoms with Crippen LogP contribution in [0.2, 0.25) is 5.28 Å².